The van der Waals surface area contributed by atoms with E-state index in [0.717, 1.165) is 16.7 Å². The third kappa shape index (κ3) is 4.85. The molecule has 0 bridgehead atoms. The van der Waals surface area contributed by atoms with E-state index in [4.69, 9.17) is 11.6 Å². The Labute approximate surface area is 182 Å². The number of rotatable bonds is 6. The minimum Gasteiger partial charge on any atom is -0.352 e. The molecule has 1 heterocycles. The number of hydrogen-bond donors (Lipinski definition) is 3. The van der Waals surface area contributed by atoms with Crippen LogP contribution in [-0.4, -0.2) is 11.8 Å². The predicted molar refractivity (Wildman–Crippen MR) is 118 cm³/mol. The minimum absolute atomic E-state index is 0.00491. The SMILES string of the molecule is CC(C)C(=O)NCc1ccc(Cl)c(C2NC(=O)CC(c3ccc(C4CC4)cc3)N2)c1. The summed E-state index contributed by atoms with van der Waals surface area (Å²) in [4.78, 5) is 24.3. The fourth-order valence-corrected chi connectivity index (χ4v) is 4.05. The van der Waals surface area contributed by atoms with Crippen LogP contribution >= 0.6 is 11.6 Å². The van der Waals surface area contributed by atoms with Gasteiger partial charge in [0.2, 0.25) is 11.8 Å². The van der Waals surface area contributed by atoms with Crippen molar-refractivity contribution in [3.05, 3.63) is 69.7 Å². The molecule has 1 aliphatic carbocycles. The van der Waals surface area contributed by atoms with Gasteiger partial charge in [0.1, 0.15) is 6.17 Å². The fourth-order valence-electron chi connectivity index (χ4n) is 3.82. The van der Waals surface area contributed by atoms with Crippen molar-refractivity contribution in [3.8, 4) is 0 Å². The van der Waals surface area contributed by atoms with Gasteiger partial charge in [-0.3, -0.25) is 14.9 Å². The maximum absolute atomic E-state index is 12.5. The molecule has 0 aromatic heterocycles. The zero-order valence-electron chi connectivity index (χ0n) is 17.4. The molecule has 3 N–H and O–H groups in total. The Hall–Kier alpha value is -2.37. The van der Waals surface area contributed by atoms with Crippen LogP contribution in [0.4, 0.5) is 0 Å². The molecule has 1 saturated carbocycles. The molecule has 6 heteroatoms. The molecule has 0 radical (unpaired) electrons. The normalized spacial score (nSPS) is 21.4. The molecule has 2 aromatic rings. The van der Waals surface area contributed by atoms with E-state index in [0.29, 0.717) is 23.9 Å². The molecule has 158 valence electrons. The average Bonchev–Trinajstić information content (AvgIpc) is 3.58. The van der Waals surface area contributed by atoms with Gasteiger partial charge in [0.25, 0.3) is 0 Å². The lowest BCUT2D eigenvalue weighted by atomic mass is 9.97. The van der Waals surface area contributed by atoms with Gasteiger partial charge >= 0.3 is 0 Å². The summed E-state index contributed by atoms with van der Waals surface area (Å²) >= 11 is 6.47. The van der Waals surface area contributed by atoms with E-state index in [9.17, 15) is 9.59 Å². The third-order valence-electron chi connectivity index (χ3n) is 5.81. The first-order valence-electron chi connectivity index (χ1n) is 10.6. The smallest absolute Gasteiger partial charge is 0.223 e. The average molecular weight is 426 g/mol. The zero-order chi connectivity index (χ0) is 21.3. The number of amides is 2. The van der Waals surface area contributed by atoms with Gasteiger partial charge in [-0.1, -0.05) is 55.8 Å². The summed E-state index contributed by atoms with van der Waals surface area (Å²) < 4.78 is 0. The van der Waals surface area contributed by atoms with Crippen molar-refractivity contribution in [2.45, 2.75) is 57.8 Å². The van der Waals surface area contributed by atoms with Crippen molar-refractivity contribution in [3.63, 3.8) is 0 Å². The molecule has 2 aromatic carbocycles. The zero-order valence-corrected chi connectivity index (χ0v) is 18.1. The minimum atomic E-state index is -0.382. The molecular formula is C24H28ClN3O2. The quantitative estimate of drug-likeness (QED) is 0.644. The standard InChI is InChI=1S/C24H28ClN3O2/c1-14(2)24(30)26-13-15-3-10-20(25)19(11-15)23-27-21(12-22(29)28-23)18-8-6-17(7-9-18)16-4-5-16/h3,6-11,14,16,21,23,27H,4-5,12-13H2,1-2H3,(H,26,30)(H,28,29). The van der Waals surface area contributed by atoms with Gasteiger partial charge in [0.05, 0.1) is 0 Å². The van der Waals surface area contributed by atoms with Crippen LogP contribution in [0.2, 0.25) is 5.02 Å². The molecule has 2 amide bonds. The maximum Gasteiger partial charge on any atom is 0.223 e. The first-order valence-corrected chi connectivity index (χ1v) is 11.0. The Bertz CT molecular complexity index is 938. The molecule has 30 heavy (non-hydrogen) atoms. The van der Waals surface area contributed by atoms with Crippen LogP contribution in [0.5, 0.6) is 0 Å². The van der Waals surface area contributed by atoms with Gasteiger partial charge in [-0.2, -0.15) is 0 Å². The van der Waals surface area contributed by atoms with Crippen LogP contribution in [0.25, 0.3) is 0 Å². The highest BCUT2D eigenvalue weighted by molar-refractivity contribution is 6.31. The van der Waals surface area contributed by atoms with Crippen LogP contribution in [0.3, 0.4) is 0 Å². The monoisotopic (exact) mass is 425 g/mol. The van der Waals surface area contributed by atoms with Crippen molar-refractivity contribution < 1.29 is 9.59 Å². The topological polar surface area (TPSA) is 70.2 Å². The van der Waals surface area contributed by atoms with E-state index in [1.807, 2.05) is 32.0 Å². The lowest BCUT2D eigenvalue weighted by molar-refractivity contribution is -0.125. The van der Waals surface area contributed by atoms with Gasteiger partial charge in [0.15, 0.2) is 0 Å². The van der Waals surface area contributed by atoms with E-state index in [-0.39, 0.29) is 29.9 Å². The fraction of sp³-hybridized carbons (Fsp3) is 0.417. The molecule has 0 spiro atoms. The summed E-state index contributed by atoms with van der Waals surface area (Å²) in [7, 11) is 0. The lowest BCUT2D eigenvalue weighted by Gasteiger charge is -2.33. The van der Waals surface area contributed by atoms with E-state index in [1.54, 1.807) is 0 Å². The van der Waals surface area contributed by atoms with Gasteiger partial charge in [-0.15, -0.1) is 0 Å². The Morgan fingerprint density at radius 2 is 1.83 bits per heavy atom. The summed E-state index contributed by atoms with van der Waals surface area (Å²) in [5.74, 6) is 0.644. The van der Waals surface area contributed by atoms with Gasteiger partial charge in [-0.05, 0) is 47.6 Å². The van der Waals surface area contributed by atoms with E-state index in [1.165, 1.54) is 18.4 Å². The molecule has 2 aliphatic rings. The van der Waals surface area contributed by atoms with Crippen LogP contribution in [0, 0.1) is 5.92 Å². The predicted octanol–water partition coefficient (Wildman–Crippen LogP) is 4.34. The van der Waals surface area contributed by atoms with Gasteiger partial charge < -0.3 is 10.6 Å². The molecule has 5 nitrogen and oxygen atoms in total. The van der Waals surface area contributed by atoms with Crippen molar-refractivity contribution >= 4 is 23.4 Å². The second-order valence-electron chi connectivity index (χ2n) is 8.59. The highest BCUT2D eigenvalue weighted by Gasteiger charge is 2.30. The number of halogens is 1. The highest BCUT2D eigenvalue weighted by Crippen LogP contribution is 2.40. The van der Waals surface area contributed by atoms with Gasteiger partial charge in [-0.25, -0.2) is 0 Å². The first kappa shape index (κ1) is 20.9. The van der Waals surface area contributed by atoms with Crippen molar-refractivity contribution in [1.29, 1.82) is 0 Å². The van der Waals surface area contributed by atoms with E-state index in [2.05, 4.69) is 40.2 Å². The summed E-state index contributed by atoms with van der Waals surface area (Å²) in [5.41, 5.74) is 4.24. The largest absolute Gasteiger partial charge is 0.352 e. The van der Waals surface area contributed by atoms with Crippen molar-refractivity contribution in [2.75, 3.05) is 0 Å². The molecule has 1 aliphatic heterocycles. The van der Waals surface area contributed by atoms with Crippen LogP contribution in [0.15, 0.2) is 42.5 Å². The second kappa shape index (κ2) is 8.78. The number of carbonyl (C=O) groups excluding carboxylic acids is 2. The Kier molecular flexibility index (Phi) is 6.11. The third-order valence-corrected chi connectivity index (χ3v) is 6.16. The molecule has 2 fully saturated rings. The molecule has 1 saturated heterocycles. The highest BCUT2D eigenvalue weighted by atomic mass is 35.5. The number of benzene rings is 2. The molecular weight excluding hydrogens is 398 g/mol. The summed E-state index contributed by atoms with van der Waals surface area (Å²) in [5, 5.41) is 10.0. The second-order valence-corrected chi connectivity index (χ2v) is 9.00. The molecule has 4 rings (SSSR count). The molecule has 2 unspecified atom stereocenters. The summed E-state index contributed by atoms with van der Waals surface area (Å²) in [6.07, 6.45) is 2.56. The Morgan fingerprint density at radius 3 is 2.50 bits per heavy atom. The number of hydrogen-bond acceptors (Lipinski definition) is 3. The van der Waals surface area contributed by atoms with Crippen LogP contribution in [-0.2, 0) is 16.1 Å². The summed E-state index contributed by atoms with van der Waals surface area (Å²) in [6, 6.07) is 14.2. The molecule has 2 atom stereocenters. The van der Waals surface area contributed by atoms with Crippen molar-refractivity contribution in [2.24, 2.45) is 5.92 Å². The van der Waals surface area contributed by atoms with E-state index >= 15 is 0 Å². The Balaban J connectivity index is 1.50. The number of carbonyl (C=O) groups is 2. The lowest BCUT2D eigenvalue weighted by Crippen LogP contribution is -2.46. The van der Waals surface area contributed by atoms with Crippen LogP contribution in [0.1, 0.15) is 73.5 Å². The van der Waals surface area contributed by atoms with E-state index < -0.39 is 0 Å². The number of nitrogens with one attached hydrogen (secondary N) is 3. The maximum atomic E-state index is 12.5. The summed E-state index contributed by atoms with van der Waals surface area (Å²) in [6.45, 7) is 4.15. The van der Waals surface area contributed by atoms with Crippen LogP contribution < -0.4 is 16.0 Å². The van der Waals surface area contributed by atoms with Gasteiger partial charge in [0, 0.05) is 35.5 Å². The van der Waals surface area contributed by atoms with Crippen molar-refractivity contribution in [1.82, 2.24) is 16.0 Å². The first-order chi connectivity index (χ1) is 14.4. The Morgan fingerprint density at radius 1 is 1.13 bits per heavy atom.